The lowest BCUT2D eigenvalue weighted by Crippen LogP contribution is -2.38. The van der Waals surface area contributed by atoms with Crippen LogP contribution in [0.25, 0.3) is 5.57 Å². The zero-order valence-electron chi connectivity index (χ0n) is 9.14. The molecular weight excluding hydrogens is 373 g/mol. The van der Waals surface area contributed by atoms with Gasteiger partial charge in [0.1, 0.15) is 4.32 Å². The van der Waals surface area contributed by atoms with E-state index in [-0.39, 0.29) is 6.42 Å². The maximum atomic E-state index is 13.0. The number of allylic oxidation sites excluding steroid dienone is 4. The molecule has 0 aliphatic heterocycles. The van der Waals surface area contributed by atoms with E-state index in [0.29, 0.717) is 10.1 Å². The van der Waals surface area contributed by atoms with Crippen molar-refractivity contribution in [2.24, 2.45) is 0 Å². The lowest BCUT2D eigenvalue weighted by Gasteiger charge is -2.31. The zero-order valence-corrected chi connectivity index (χ0v) is 12.3. The average Bonchev–Trinajstić information content (AvgIpc) is 2.27. The summed E-state index contributed by atoms with van der Waals surface area (Å²) >= 11 is 5.97. The Kier molecular flexibility index (Phi) is 3.74. The van der Waals surface area contributed by atoms with E-state index in [1.807, 2.05) is 18.2 Å². The van der Waals surface area contributed by atoms with Gasteiger partial charge in [0, 0.05) is 10.9 Å². The second-order valence-electron chi connectivity index (χ2n) is 4.10. The summed E-state index contributed by atoms with van der Waals surface area (Å²) in [6, 6.07) is 9.07. The minimum atomic E-state index is -4.33. The normalized spacial score (nSPS) is 24.5. The summed E-state index contributed by atoms with van der Waals surface area (Å²) in [5.41, 5.74) is 1.45. The molecule has 18 heavy (non-hydrogen) atoms. The van der Waals surface area contributed by atoms with Gasteiger partial charge in [-0.2, -0.15) is 13.2 Å². The molecule has 2 rings (SSSR count). The van der Waals surface area contributed by atoms with E-state index >= 15 is 0 Å². The van der Waals surface area contributed by atoms with Crippen molar-refractivity contribution in [1.29, 1.82) is 0 Å². The standard InChI is InChI=1S/C13H9Br2F3/c14-11-6-10(9-4-2-1-3-5-9)7-12(15,8-11)13(16,17)18/h1-6,8H,7H2. The number of hydrogen-bond donors (Lipinski definition) is 0. The Bertz CT molecular complexity index is 503. The van der Waals surface area contributed by atoms with Crippen LogP contribution in [0.4, 0.5) is 13.2 Å². The van der Waals surface area contributed by atoms with Crippen LogP contribution in [0.2, 0.25) is 0 Å². The molecule has 1 aliphatic carbocycles. The topological polar surface area (TPSA) is 0 Å². The molecule has 1 aromatic rings. The third kappa shape index (κ3) is 2.72. The largest absolute Gasteiger partial charge is 0.407 e. The van der Waals surface area contributed by atoms with E-state index in [9.17, 15) is 13.2 Å². The van der Waals surface area contributed by atoms with Crippen LogP contribution in [0.1, 0.15) is 12.0 Å². The first-order valence-electron chi connectivity index (χ1n) is 5.22. The summed E-state index contributed by atoms with van der Waals surface area (Å²) < 4.78 is 37.6. The Hall–Kier alpha value is -0.550. The van der Waals surface area contributed by atoms with Crippen LogP contribution in [-0.4, -0.2) is 10.5 Å². The summed E-state index contributed by atoms with van der Waals surface area (Å²) in [5.74, 6) is 0. The van der Waals surface area contributed by atoms with Crippen LogP contribution in [0.3, 0.4) is 0 Å². The van der Waals surface area contributed by atoms with E-state index < -0.39 is 10.5 Å². The maximum absolute atomic E-state index is 13.0. The monoisotopic (exact) mass is 380 g/mol. The summed E-state index contributed by atoms with van der Waals surface area (Å²) in [5, 5.41) is 0. The van der Waals surface area contributed by atoms with Gasteiger partial charge in [0.05, 0.1) is 0 Å². The molecule has 0 saturated carbocycles. The first-order chi connectivity index (χ1) is 8.32. The highest BCUT2D eigenvalue weighted by Gasteiger charge is 2.52. The third-order valence-electron chi connectivity index (χ3n) is 2.74. The van der Waals surface area contributed by atoms with Gasteiger partial charge in [-0.15, -0.1) is 0 Å². The molecule has 0 nitrogen and oxygen atoms in total. The highest BCUT2D eigenvalue weighted by Crippen LogP contribution is 2.49. The Morgan fingerprint density at radius 3 is 2.28 bits per heavy atom. The predicted molar refractivity (Wildman–Crippen MR) is 73.8 cm³/mol. The smallest absolute Gasteiger partial charge is 0.169 e. The van der Waals surface area contributed by atoms with Gasteiger partial charge >= 0.3 is 6.18 Å². The summed E-state index contributed by atoms with van der Waals surface area (Å²) in [6.45, 7) is 0. The molecule has 1 atom stereocenters. The second kappa shape index (κ2) is 4.85. The summed E-state index contributed by atoms with van der Waals surface area (Å²) in [6.07, 6.45) is -1.57. The van der Waals surface area contributed by atoms with Gasteiger partial charge < -0.3 is 0 Å². The number of rotatable bonds is 1. The molecule has 1 unspecified atom stereocenters. The van der Waals surface area contributed by atoms with Gasteiger partial charge in [-0.1, -0.05) is 62.2 Å². The maximum Gasteiger partial charge on any atom is 0.407 e. The van der Waals surface area contributed by atoms with Crippen LogP contribution >= 0.6 is 31.9 Å². The second-order valence-corrected chi connectivity index (χ2v) is 6.43. The fourth-order valence-corrected chi connectivity index (χ4v) is 3.35. The van der Waals surface area contributed by atoms with Crippen molar-refractivity contribution in [3.8, 4) is 0 Å². The molecule has 0 saturated heterocycles. The van der Waals surface area contributed by atoms with E-state index in [2.05, 4.69) is 31.9 Å². The van der Waals surface area contributed by atoms with Gasteiger partial charge in [-0.25, -0.2) is 0 Å². The molecule has 0 fully saturated rings. The van der Waals surface area contributed by atoms with Crippen molar-refractivity contribution in [3.63, 3.8) is 0 Å². The third-order valence-corrected chi connectivity index (χ3v) is 4.16. The summed E-state index contributed by atoms with van der Waals surface area (Å²) in [4.78, 5) is 0. The minimum Gasteiger partial charge on any atom is -0.169 e. The molecule has 0 spiro atoms. The fourth-order valence-electron chi connectivity index (χ4n) is 1.83. The van der Waals surface area contributed by atoms with Gasteiger partial charge in [0.2, 0.25) is 0 Å². The number of alkyl halides is 4. The molecule has 96 valence electrons. The van der Waals surface area contributed by atoms with Crippen molar-refractivity contribution in [2.75, 3.05) is 0 Å². The van der Waals surface area contributed by atoms with E-state index in [0.717, 1.165) is 11.6 Å². The van der Waals surface area contributed by atoms with Gasteiger partial charge in [-0.3, -0.25) is 0 Å². The molecule has 1 aliphatic rings. The minimum absolute atomic E-state index is 0.115. The SMILES string of the molecule is FC(F)(F)C1(Br)C=C(Br)C=C(c2ccccc2)C1. The first kappa shape index (κ1) is 13.9. The van der Waals surface area contributed by atoms with Crippen molar-refractivity contribution in [1.82, 2.24) is 0 Å². The van der Waals surface area contributed by atoms with Crippen molar-refractivity contribution in [2.45, 2.75) is 16.9 Å². The lowest BCUT2D eigenvalue weighted by atomic mass is 9.89. The molecule has 0 bridgehead atoms. The van der Waals surface area contributed by atoms with Gasteiger partial charge in [0.25, 0.3) is 0 Å². The average molecular weight is 382 g/mol. The molecule has 0 aromatic heterocycles. The molecule has 1 aromatic carbocycles. The van der Waals surface area contributed by atoms with Gasteiger partial charge in [0.15, 0.2) is 0 Å². The highest BCUT2D eigenvalue weighted by molar-refractivity contribution is 9.12. The predicted octanol–water partition coefficient (Wildman–Crippen LogP) is 5.45. The van der Waals surface area contributed by atoms with Crippen LogP contribution in [0.15, 0.2) is 47.0 Å². The van der Waals surface area contributed by atoms with Crippen molar-refractivity contribution >= 4 is 37.4 Å². The Morgan fingerprint density at radius 1 is 1.11 bits per heavy atom. The molecule has 0 amide bonds. The molecule has 5 heteroatoms. The molecule has 0 N–H and O–H groups in total. The van der Waals surface area contributed by atoms with Crippen LogP contribution in [0, 0.1) is 0 Å². The van der Waals surface area contributed by atoms with Crippen LogP contribution in [0.5, 0.6) is 0 Å². The van der Waals surface area contributed by atoms with Gasteiger partial charge in [-0.05, 0) is 23.3 Å². The molecule has 0 radical (unpaired) electrons. The number of hydrogen-bond acceptors (Lipinski definition) is 0. The quantitative estimate of drug-likeness (QED) is 0.567. The van der Waals surface area contributed by atoms with E-state index in [1.54, 1.807) is 18.2 Å². The van der Waals surface area contributed by atoms with Crippen molar-refractivity contribution in [3.05, 3.63) is 52.5 Å². The fraction of sp³-hybridized carbons (Fsp3) is 0.231. The molecular formula is C13H9Br2F3. The lowest BCUT2D eigenvalue weighted by molar-refractivity contribution is -0.144. The van der Waals surface area contributed by atoms with E-state index in [1.165, 1.54) is 0 Å². The van der Waals surface area contributed by atoms with Crippen LogP contribution in [-0.2, 0) is 0 Å². The van der Waals surface area contributed by atoms with Crippen molar-refractivity contribution < 1.29 is 13.2 Å². The zero-order chi connectivity index (χ0) is 13.4. The van der Waals surface area contributed by atoms with Crippen LogP contribution < -0.4 is 0 Å². The Balaban J connectivity index is 2.40. The number of halogens is 5. The summed E-state index contributed by atoms with van der Waals surface area (Å²) in [7, 11) is 0. The number of benzene rings is 1. The Labute approximate surface area is 120 Å². The first-order valence-corrected chi connectivity index (χ1v) is 6.80. The Morgan fingerprint density at radius 2 is 1.72 bits per heavy atom. The van der Waals surface area contributed by atoms with E-state index in [4.69, 9.17) is 0 Å². The highest BCUT2D eigenvalue weighted by atomic mass is 79.9. The molecule has 0 heterocycles.